The summed E-state index contributed by atoms with van der Waals surface area (Å²) in [6, 6.07) is 15.3. The monoisotopic (exact) mass is 322 g/mol. The lowest BCUT2D eigenvalue weighted by atomic mass is 10.1. The summed E-state index contributed by atoms with van der Waals surface area (Å²) in [5.74, 6) is 0.925. The molecule has 0 saturated carbocycles. The summed E-state index contributed by atoms with van der Waals surface area (Å²) in [4.78, 5) is 11.0. The molecule has 1 heterocycles. The first-order chi connectivity index (χ1) is 11.6. The minimum absolute atomic E-state index is 0.0924. The van der Waals surface area contributed by atoms with Gasteiger partial charge in [-0.1, -0.05) is 17.7 Å². The second kappa shape index (κ2) is 6.95. The molecular formula is C18H18N4O2. The van der Waals surface area contributed by atoms with E-state index in [-0.39, 0.29) is 5.91 Å². The summed E-state index contributed by atoms with van der Waals surface area (Å²) in [5.41, 5.74) is 3.74. The largest absolute Gasteiger partial charge is 0.419 e. The van der Waals surface area contributed by atoms with E-state index >= 15 is 0 Å². The molecular weight excluding hydrogens is 304 g/mol. The van der Waals surface area contributed by atoms with Crippen LogP contribution in [-0.2, 0) is 11.3 Å². The smallest absolute Gasteiger partial charge is 0.247 e. The van der Waals surface area contributed by atoms with Gasteiger partial charge in [-0.25, -0.2) is 0 Å². The highest BCUT2D eigenvalue weighted by Gasteiger charge is 2.08. The number of amides is 1. The fourth-order valence-electron chi connectivity index (χ4n) is 2.19. The molecule has 0 atom stereocenters. The molecule has 6 nitrogen and oxygen atoms in total. The highest BCUT2D eigenvalue weighted by atomic mass is 16.4. The molecule has 6 heteroatoms. The number of hydrogen-bond acceptors (Lipinski definition) is 5. The van der Waals surface area contributed by atoms with Crippen molar-refractivity contribution in [3.05, 3.63) is 60.0 Å². The number of nitrogens with zero attached hydrogens (tertiary/aromatic N) is 2. The van der Waals surface area contributed by atoms with Crippen LogP contribution in [0.4, 0.5) is 11.4 Å². The summed E-state index contributed by atoms with van der Waals surface area (Å²) in [5, 5.41) is 14.1. The molecule has 0 aliphatic rings. The molecule has 122 valence electrons. The van der Waals surface area contributed by atoms with Gasteiger partial charge < -0.3 is 15.1 Å². The third-order valence-corrected chi connectivity index (χ3v) is 3.41. The van der Waals surface area contributed by atoms with E-state index in [9.17, 15) is 4.79 Å². The zero-order valence-electron chi connectivity index (χ0n) is 13.5. The molecule has 2 aromatic carbocycles. The van der Waals surface area contributed by atoms with Crippen LogP contribution in [0.3, 0.4) is 0 Å². The Morgan fingerprint density at radius 1 is 1.00 bits per heavy atom. The van der Waals surface area contributed by atoms with E-state index in [0.29, 0.717) is 18.3 Å². The van der Waals surface area contributed by atoms with E-state index in [0.717, 1.165) is 16.9 Å². The molecule has 2 N–H and O–H groups in total. The van der Waals surface area contributed by atoms with Crippen LogP contribution >= 0.6 is 0 Å². The van der Waals surface area contributed by atoms with Gasteiger partial charge in [-0.2, -0.15) is 0 Å². The molecule has 3 aromatic rings. The van der Waals surface area contributed by atoms with Gasteiger partial charge in [-0.05, 0) is 43.3 Å². The third-order valence-electron chi connectivity index (χ3n) is 3.41. The normalized spacial score (nSPS) is 10.4. The molecule has 0 bridgehead atoms. The molecule has 0 aliphatic carbocycles. The lowest BCUT2D eigenvalue weighted by Gasteiger charge is -2.05. The Balaban J connectivity index is 1.61. The van der Waals surface area contributed by atoms with Crippen LogP contribution in [0.2, 0.25) is 0 Å². The molecule has 24 heavy (non-hydrogen) atoms. The van der Waals surface area contributed by atoms with E-state index < -0.39 is 0 Å². The molecule has 3 rings (SSSR count). The Morgan fingerprint density at radius 2 is 1.67 bits per heavy atom. The number of aryl methyl sites for hydroxylation is 1. The van der Waals surface area contributed by atoms with Gasteiger partial charge in [0.25, 0.3) is 0 Å². The van der Waals surface area contributed by atoms with Crippen LogP contribution in [0.15, 0.2) is 52.9 Å². The highest BCUT2D eigenvalue weighted by Crippen LogP contribution is 2.19. The number of hydrogen-bond donors (Lipinski definition) is 2. The Morgan fingerprint density at radius 3 is 2.33 bits per heavy atom. The minimum Gasteiger partial charge on any atom is -0.419 e. The lowest BCUT2D eigenvalue weighted by Crippen LogP contribution is -2.05. The van der Waals surface area contributed by atoms with Crippen molar-refractivity contribution in [3.8, 4) is 11.5 Å². The van der Waals surface area contributed by atoms with Gasteiger partial charge in [0.05, 0.1) is 6.54 Å². The van der Waals surface area contributed by atoms with Gasteiger partial charge >= 0.3 is 0 Å². The van der Waals surface area contributed by atoms with Crippen molar-refractivity contribution in [1.29, 1.82) is 0 Å². The quantitative estimate of drug-likeness (QED) is 0.750. The molecule has 0 fully saturated rings. The van der Waals surface area contributed by atoms with Crippen molar-refractivity contribution in [2.75, 3.05) is 10.6 Å². The van der Waals surface area contributed by atoms with Crippen LogP contribution in [0, 0.1) is 6.92 Å². The lowest BCUT2D eigenvalue weighted by molar-refractivity contribution is -0.114. The predicted molar refractivity (Wildman–Crippen MR) is 92.5 cm³/mol. The first-order valence-corrected chi connectivity index (χ1v) is 7.61. The van der Waals surface area contributed by atoms with E-state index in [2.05, 4.69) is 20.8 Å². The van der Waals surface area contributed by atoms with E-state index in [1.807, 2.05) is 55.5 Å². The summed E-state index contributed by atoms with van der Waals surface area (Å²) < 4.78 is 5.67. The van der Waals surface area contributed by atoms with Gasteiger partial charge in [-0.15, -0.1) is 10.2 Å². The zero-order valence-corrected chi connectivity index (χ0v) is 13.5. The fourth-order valence-corrected chi connectivity index (χ4v) is 2.19. The maximum Gasteiger partial charge on any atom is 0.247 e. The first-order valence-electron chi connectivity index (χ1n) is 7.61. The van der Waals surface area contributed by atoms with Crippen molar-refractivity contribution < 1.29 is 9.21 Å². The van der Waals surface area contributed by atoms with E-state index in [1.54, 1.807) is 0 Å². The van der Waals surface area contributed by atoms with Crippen LogP contribution < -0.4 is 10.6 Å². The Kier molecular flexibility index (Phi) is 4.56. The third kappa shape index (κ3) is 3.98. The summed E-state index contributed by atoms with van der Waals surface area (Å²) in [7, 11) is 0. The number of aromatic nitrogens is 2. The fraction of sp³-hybridized carbons (Fsp3) is 0.167. The second-order valence-electron chi connectivity index (χ2n) is 5.48. The predicted octanol–water partition coefficient (Wildman–Crippen LogP) is 3.62. The number of carbonyl (C=O) groups excluding carboxylic acids is 1. The van der Waals surface area contributed by atoms with Crippen LogP contribution in [0.1, 0.15) is 18.4 Å². The Bertz CT molecular complexity index is 823. The summed E-state index contributed by atoms with van der Waals surface area (Å²) in [6.45, 7) is 3.94. The zero-order chi connectivity index (χ0) is 16.9. The maximum atomic E-state index is 11.0. The second-order valence-corrected chi connectivity index (χ2v) is 5.48. The SMILES string of the molecule is CC(=O)Nc1ccc(NCc2nnc(-c3ccc(C)cc3)o2)cc1. The highest BCUT2D eigenvalue weighted by molar-refractivity contribution is 5.88. The molecule has 0 saturated heterocycles. The van der Waals surface area contributed by atoms with Gasteiger partial charge in [0.1, 0.15) is 0 Å². The minimum atomic E-state index is -0.0924. The van der Waals surface area contributed by atoms with Gasteiger partial charge in [0.2, 0.25) is 17.7 Å². The summed E-state index contributed by atoms with van der Waals surface area (Å²) in [6.07, 6.45) is 0. The standard InChI is InChI=1S/C18H18N4O2/c1-12-3-5-14(6-4-12)18-22-21-17(24-18)11-19-15-7-9-16(10-8-15)20-13(2)23/h3-10,19H,11H2,1-2H3,(H,20,23). The Hall–Kier alpha value is -3.15. The first kappa shape index (κ1) is 15.7. The van der Waals surface area contributed by atoms with Crippen molar-refractivity contribution in [3.63, 3.8) is 0 Å². The molecule has 0 radical (unpaired) electrons. The molecule has 1 aromatic heterocycles. The van der Waals surface area contributed by atoms with Crippen LogP contribution in [-0.4, -0.2) is 16.1 Å². The van der Waals surface area contributed by atoms with Crippen molar-refractivity contribution in [1.82, 2.24) is 10.2 Å². The topological polar surface area (TPSA) is 80.0 Å². The van der Waals surface area contributed by atoms with Crippen molar-refractivity contribution in [2.24, 2.45) is 0 Å². The number of anilines is 2. The van der Waals surface area contributed by atoms with Crippen LogP contribution in [0.5, 0.6) is 0 Å². The number of benzene rings is 2. The van der Waals surface area contributed by atoms with Gasteiger partial charge in [0.15, 0.2) is 0 Å². The average Bonchev–Trinajstić information content (AvgIpc) is 3.03. The van der Waals surface area contributed by atoms with Crippen LogP contribution in [0.25, 0.3) is 11.5 Å². The van der Waals surface area contributed by atoms with E-state index in [4.69, 9.17) is 4.42 Å². The van der Waals surface area contributed by atoms with E-state index in [1.165, 1.54) is 12.5 Å². The molecule has 0 unspecified atom stereocenters. The number of nitrogens with one attached hydrogen (secondary N) is 2. The molecule has 0 spiro atoms. The summed E-state index contributed by atoms with van der Waals surface area (Å²) >= 11 is 0. The maximum absolute atomic E-state index is 11.0. The van der Waals surface area contributed by atoms with Crippen molar-refractivity contribution >= 4 is 17.3 Å². The average molecular weight is 322 g/mol. The Labute approximate surface area is 139 Å². The van der Waals surface area contributed by atoms with Crippen molar-refractivity contribution in [2.45, 2.75) is 20.4 Å². The number of rotatable bonds is 5. The van der Waals surface area contributed by atoms with Gasteiger partial charge in [0, 0.05) is 23.9 Å². The molecule has 1 amide bonds. The van der Waals surface area contributed by atoms with Gasteiger partial charge in [-0.3, -0.25) is 4.79 Å². The molecule has 0 aliphatic heterocycles. The number of carbonyl (C=O) groups is 1.